The molecule has 6 heteroatoms. The molecule has 0 bridgehead atoms. The summed E-state index contributed by atoms with van der Waals surface area (Å²) < 4.78 is 4.10. The lowest BCUT2D eigenvalue weighted by molar-refractivity contribution is -0.158. The molecule has 1 N–H and O–H groups in total. The Labute approximate surface area is 150 Å². The van der Waals surface area contributed by atoms with Gasteiger partial charge in [0.15, 0.2) is 6.10 Å². The van der Waals surface area contributed by atoms with Gasteiger partial charge >= 0.3 is 5.97 Å². The first-order valence-corrected chi connectivity index (χ1v) is 8.37. The van der Waals surface area contributed by atoms with E-state index in [4.69, 9.17) is 27.9 Å². The van der Waals surface area contributed by atoms with Crippen LogP contribution in [0, 0.1) is 5.41 Å². The van der Waals surface area contributed by atoms with Gasteiger partial charge in [0.25, 0.3) is 5.91 Å². The van der Waals surface area contributed by atoms with Crippen molar-refractivity contribution >= 4 is 51.5 Å². The maximum Gasteiger partial charge on any atom is 0.315 e. The predicted molar refractivity (Wildman–Crippen MR) is 95.3 cm³/mol. The Balaban J connectivity index is 1.64. The molecule has 2 atom stereocenters. The van der Waals surface area contributed by atoms with Crippen LogP contribution in [0.3, 0.4) is 0 Å². The molecule has 3 rings (SSSR count). The third-order valence-corrected chi connectivity index (χ3v) is 5.48. The Bertz CT molecular complexity index is 821. The Morgan fingerprint density at radius 3 is 2.42 bits per heavy atom. The summed E-state index contributed by atoms with van der Waals surface area (Å²) >= 11 is 11.9. The summed E-state index contributed by atoms with van der Waals surface area (Å²) in [5, 5.41) is 4.84. The smallest absolute Gasteiger partial charge is 0.315 e. The zero-order valence-corrected chi connectivity index (χ0v) is 14.8. The van der Waals surface area contributed by atoms with E-state index in [9.17, 15) is 9.59 Å². The average molecular weight is 366 g/mol. The van der Waals surface area contributed by atoms with Crippen LogP contribution in [0.2, 0.25) is 0 Å². The molecule has 2 aromatic rings. The minimum atomic E-state index is -1.11. The third-order valence-electron chi connectivity index (χ3n) is 4.38. The topological polar surface area (TPSA) is 55.4 Å². The standard InChI is InChI=1S/C18H17Cl2NO3/c1-11(24-16(23)17(2)10-18(17,19)20)15(22)21-14-8-7-12-5-3-4-6-13(12)9-14/h3-9,11H,10H2,1-2H3,(H,21,22)/t11-,17-/m0/s1. The van der Waals surface area contributed by atoms with Gasteiger partial charge in [0.2, 0.25) is 0 Å². The van der Waals surface area contributed by atoms with Gasteiger partial charge < -0.3 is 10.1 Å². The second-order valence-electron chi connectivity index (χ2n) is 6.31. The number of alkyl halides is 2. The SMILES string of the molecule is C[C@H](OC(=O)[C@]1(C)CC1(Cl)Cl)C(=O)Nc1ccc2ccccc2c1. The van der Waals surface area contributed by atoms with Gasteiger partial charge in [0.1, 0.15) is 9.75 Å². The first-order chi connectivity index (χ1) is 11.2. The number of hydrogen-bond donors (Lipinski definition) is 1. The summed E-state index contributed by atoms with van der Waals surface area (Å²) in [5.74, 6) is -0.966. The van der Waals surface area contributed by atoms with E-state index in [0.717, 1.165) is 10.8 Å². The number of ether oxygens (including phenoxy) is 1. The highest BCUT2D eigenvalue weighted by Gasteiger charge is 2.69. The van der Waals surface area contributed by atoms with Crippen LogP contribution in [-0.4, -0.2) is 22.3 Å². The molecule has 0 unspecified atom stereocenters. The van der Waals surface area contributed by atoms with E-state index in [-0.39, 0.29) is 0 Å². The van der Waals surface area contributed by atoms with Gasteiger partial charge in [-0.2, -0.15) is 0 Å². The molecule has 1 saturated carbocycles. The van der Waals surface area contributed by atoms with Crippen molar-refractivity contribution in [3.8, 4) is 0 Å². The Hall–Kier alpha value is -1.78. The van der Waals surface area contributed by atoms with Crippen molar-refractivity contribution in [1.82, 2.24) is 0 Å². The van der Waals surface area contributed by atoms with E-state index >= 15 is 0 Å². The number of esters is 1. The second-order valence-corrected chi connectivity index (χ2v) is 7.80. The first-order valence-electron chi connectivity index (χ1n) is 7.61. The van der Waals surface area contributed by atoms with Crippen LogP contribution in [0.5, 0.6) is 0 Å². The summed E-state index contributed by atoms with van der Waals surface area (Å²) in [6.07, 6.45) is -0.619. The van der Waals surface area contributed by atoms with E-state index in [1.165, 1.54) is 6.92 Å². The number of nitrogens with one attached hydrogen (secondary N) is 1. The highest BCUT2D eigenvalue weighted by Crippen LogP contribution is 2.64. The van der Waals surface area contributed by atoms with Gasteiger partial charge in [-0.05, 0) is 36.8 Å². The lowest BCUT2D eigenvalue weighted by Gasteiger charge is -2.17. The number of halogens is 2. The van der Waals surface area contributed by atoms with Crippen molar-refractivity contribution in [3.05, 3.63) is 42.5 Å². The van der Waals surface area contributed by atoms with Crippen molar-refractivity contribution in [3.63, 3.8) is 0 Å². The molecular weight excluding hydrogens is 349 g/mol. The maximum absolute atomic E-state index is 12.2. The molecule has 0 aliphatic heterocycles. The van der Waals surface area contributed by atoms with Gasteiger partial charge in [-0.1, -0.05) is 30.3 Å². The number of anilines is 1. The van der Waals surface area contributed by atoms with Crippen LogP contribution in [-0.2, 0) is 14.3 Å². The number of fused-ring (bicyclic) bond motifs is 1. The largest absolute Gasteiger partial charge is 0.452 e. The van der Waals surface area contributed by atoms with Gasteiger partial charge in [-0.15, -0.1) is 23.2 Å². The van der Waals surface area contributed by atoms with Crippen molar-refractivity contribution in [2.24, 2.45) is 5.41 Å². The normalized spacial score (nSPS) is 22.7. The number of rotatable bonds is 4. The molecule has 2 aromatic carbocycles. The number of carbonyl (C=O) groups excluding carboxylic acids is 2. The summed E-state index contributed by atoms with van der Waals surface area (Å²) in [6.45, 7) is 3.15. The molecule has 1 amide bonds. The molecular formula is C18H17Cl2NO3. The van der Waals surface area contributed by atoms with Crippen molar-refractivity contribution in [2.75, 3.05) is 5.32 Å². The fourth-order valence-corrected chi connectivity index (χ4v) is 3.17. The van der Waals surface area contributed by atoms with E-state index in [0.29, 0.717) is 12.1 Å². The number of carbonyl (C=O) groups is 2. The maximum atomic E-state index is 12.2. The van der Waals surface area contributed by atoms with Crippen molar-refractivity contribution in [1.29, 1.82) is 0 Å². The van der Waals surface area contributed by atoms with Gasteiger partial charge in [-0.25, -0.2) is 0 Å². The van der Waals surface area contributed by atoms with E-state index in [1.807, 2.05) is 36.4 Å². The molecule has 0 aromatic heterocycles. The van der Waals surface area contributed by atoms with E-state index in [1.54, 1.807) is 13.0 Å². The van der Waals surface area contributed by atoms with Crippen LogP contribution >= 0.6 is 23.2 Å². The highest BCUT2D eigenvalue weighted by molar-refractivity contribution is 6.53. The van der Waals surface area contributed by atoms with Gasteiger partial charge in [0, 0.05) is 12.1 Å². The molecule has 1 aliphatic carbocycles. The minimum absolute atomic E-state index is 0.320. The summed E-state index contributed by atoms with van der Waals surface area (Å²) in [4.78, 5) is 24.4. The van der Waals surface area contributed by atoms with E-state index < -0.39 is 27.7 Å². The van der Waals surface area contributed by atoms with Gasteiger partial charge in [0.05, 0.1) is 0 Å². The summed E-state index contributed by atoms with van der Waals surface area (Å²) in [6, 6.07) is 13.4. The van der Waals surface area contributed by atoms with Crippen molar-refractivity contribution in [2.45, 2.75) is 30.7 Å². The molecule has 24 heavy (non-hydrogen) atoms. The van der Waals surface area contributed by atoms with Crippen LogP contribution in [0.25, 0.3) is 10.8 Å². The minimum Gasteiger partial charge on any atom is -0.452 e. The van der Waals surface area contributed by atoms with Gasteiger partial charge in [-0.3, -0.25) is 9.59 Å². The lowest BCUT2D eigenvalue weighted by Crippen LogP contribution is -2.33. The summed E-state index contributed by atoms with van der Waals surface area (Å²) in [5.41, 5.74) is -0.309. The quantitative estimate of drug-likeness (QED) is 0.649. The number of amides is 1. The Kier molecular flexibility index (Phi) is 4.22. The van der Waals surface area contributed by atoms with E-state index in [2.05, 4.69) is 5.32 Å². The fourth-order valence-electron chi connectivity index (χ4n) is 2.48. The van der Waals surface area contributed by atoms with Crippen LogP contribution < -0.4 is 5.32 Å². The molecule has 0 saturated heterocycles. The molecule has 4 nitrogen and oxygen atoms in total. The Morgan fingerprint density at radius 1 is 1.17 bits per heavy atom. The predicted octanol–water partition coefficient (Wildman–Crippen LogP) is 4.29. The monoisotopic (exact) mass is 365 g/mol. The molecule has 1 fully saturated rings. The van der Waals surface area contributed by atoms with Crippen LogP contribution in [0.1, 0.15) is 20.3 Å². The third kappa shape index (κ3) is 3.08. The Morgan fingerprint density at radius 2 is 1.79 bits per heavy atom. The molecule has 126 valence electrons. The average Bonchev–Trinajstić information content (AvgIpc) is 3.06. The lowest BCUT2D eigenvalue weighted by atomic mass is 10.1. The molecule has 0 heterocycles. The zero-order chi connectivity index (χ0) is 17.5. The van der Waals surface area contributed by atoms with Crippen LogP contribution in [0.15, 0.2) is 42.5 Å². The molecule has 0 radical (unpaired) electrons. The molecule has 1 aliphatic rings. The number of benzene rings is 2. The first kappa shape index (κ1) is 17.1. The highest BCUT2D eigenvalue weighted by atomic mass is 35.5. The second kappa shape index (κ2) is 5.94. The summed E-state index contributed by atoms with van der Waals surface area (Å²) in [7, 11) is 0. The molecule has 0 spiro atoms. The van der Waals surface area contributed by atoms with Crippen LogP contribution in [0.4, 0.5) is 5.69 Å². The number of hydrogen-bond acceptors (Lipinski definition) is 3. The van der Waals surface area contributed by atoms with Crippen molar-refractivity contribution < 1.29 is 14.3 Å². The fraction of sp³-hybridized carbons (Fsp3) is 0.333. The zero-order valence-electron chi connectivity index (χ0n) is 13.3.